The number of aromatic nitrogens is 1. The molecule has 0 aliphatic carbocycles. The number of methoxy groups -OCH3 is 1. The highest BCUT2D eigenvalue weighted by molar-refractivity contribution is 5.41. The van der Waals surface area contributed by atoms with E-state index in [-0.39, 0.29) is 0 Å². The van der Waals surface area contributed by atoms with Crippen molar-refractivity contribution in [1.29, 1.82) is 5.26 Å². The summed E-state index contributed by atoms with van der Waals surface area (Å²) >= 11 is 0. The molecule has 1 aromatic heterocycles. The van der Waals surface area contributed by atoms with Crippen molar-refractivity contribution < 1.29 is 4.74 Å². The van der Waals surface area contributed by atoms with Gasteiger partial charge in [-0.05, 0) is 27.7 Å². The summed E-state index contributed by atoms with van der Waals surface area (Å²) < 4.78 is 5.43. The number of hydrogen-bond donors (Lipinski definition) is 0. The summed E-state index contributed by atoms with van der Waals surface area (Å²) in [5.74, 6) is 0.911. The first-order chi connectivity index (χ1) is 9.01. The van der Waals surface area contributed by atoms with E-state index < -0.39 is 0 Å². The molecule has 0 saturated carbocycles. The van der Waals surface area contributed by atoms with Gasteiger partial charge in [0.15, 0.2) is 0 Å². The lowest BCUT2D eigenvalue weighted by molar-refractivity contribution is 0.214. The van der Waals surface area contributed by atoms with E-state index in [1.165, 1.54) is 0 Å². The van der Waals surface area contributed by atoms with Crippen molar-refractivity contribution in [1.82, 2.24) is 9.88 Å². The molecule has 0 spiro atoms. The van der Waals surface area contributed by atoms with Gasteiger partial charge < -0.3 is 4.74 Å². The van der Waals surface area contributed by atoms with E-state index in [1.807, 2.05) is 20.0 Å². The van der Waals surface area contributed by atoms with Crippen molar-refractivity contribution in [3.8, 4) is 11.8 Å². The van der Waals surface area contributed by atoms with Gasteiger partial charge in [0, 0.05) is 42.9 Å². The van der Waals surface area contributed by atoms with Gasteiger partial charge in [0.1, 0.15) is 5.75 Å². The van der Waals surface area contributed by atoms with Gasteiger partial charge in [0.2, 0.25) is 0 Å². The highest BCUT2D eigenvalue weighted by atomic mass is 16.5. The third kappa shape index (κ3) is 3.93. The van der Waals surface area contributed by atoms with Crippen LogP contribution >= 0.6 is 0 Å². The molecule has 0 unspecified atom stereocenters. The van der Waals surface area contributed by atoms with Crippen LogP contribution in [-0.2, 0) is 6.54 Å². The van der Waals surface area contributed by atoms with Crippen molar-refractivity contribution in [3.63, 3.8) is 0 Å². The van der Waals surface area contributed by atoms with Crippen LogP contribution in [0.25, 0.3) is 0 Å². The summed E-state index contributed by atoms with van der Waals surface area (Å²) in [6.45, 7) is 9.83. The molecule has 19 heavy (non-hydrogen) atoms. The fourth-order valence-corrected chi connectivity index (χ4v) is 2.14. The first-order valence-corrected chi connectivity index (χ1v) is 6.61. The lowest BCUT2D eigenvalue weighted by Gasteiger charge is -2.26. The zero-order chi connectivity index (χ0) is 14.4. The first kappa shape index (κ1) is 15.5. The maximum Gasteiger partial charge on any atom is 0.128 e. The number of rotatable bonds is 6. The van der Waals surface area contributed by atoms with Crippen LogP contribution in [-0.4, -0.2) is 29.6 Å². The predicted octanol–water partition coefficient (Wildman–Crippen LogP) is 2.83. The molecule has 0 atom stereocenters. The number of nitrogens with zero attached hydrogens (tertiary/aromatic N) is 3. The second-order valence-electron chi connectivity index (χ2n) is 5.02. The zero-order valence-electron chi connectivity index (χ0n) is 12.5. The molecule has 4 nitrogen and oxygen atoms in total. The molecule has 0 aliphatic heterocycles. The Labute approximate surface area is 116 Å². The SMILES string of the molecule is COc1c(C)cnc(CN(CCC#N)C(C)C)c1C. The van der Waals surface area contributed by atoms with Crippen LogP contribution < -0.4 is 4.74 Å². The normalized spacial score (nSPS) is 10.8. The van der Waals surface area contributed by atoms with Crippen LogP contribution in [0.1, 0.15) is 37.1 Å². The Morgan fingerprint density at radius 2 is 2.11 bits per heavy atom. The number of pyridine rings is 1. The second-order valence-corrected chi connectivity index (χ2v) is 5.02. The predicted molar refractivity (Wildman–Crippen MR) is 76.0 cm³/mol. The van der Waals surface area contributed by atoms with E-state index in [1.54, 1.807) is 7.11 Å². The highest BCUT2D eigenvalue weighted by Gasteiger charge is 2.15. The molecule has 1 aromatic rings. The molecule has 0 saturated heterocycles. The van der Waals surface area contributed by atoms with Crippen molar-refractivity contribution in [3.05, 3.63) is 23.0 Å². The standard InChI is InChI=1S/C15H23N3O/c1-11(2)18(8-6-7-16)10-14-13(4)15(19-5)12(3)9-17-14/h9,11H,6,8,10H2,1-5H3. The lowest BCUT2D eigenvalue weighted by atomic mass is 10.1. The van der Waals surface area contributed by atoms with Crippen molar-refractivity contribution in [2.24, 2.45) is 0 Å². The molecule has 0 fully saturated rings. The largest absolute Gasteiger partial charge is 0.496 e. The van der Waals surface area contributed by atoms with Gasteiger partial charge in [-0.2, -0.15) is 5.26 Å². The van der Waals surface area contributed by atoms with Crippen molar-refractivity contribution >= 4 is 0 Å². The fraction of sp³-hybridized carbons (Fsp3) is 0.600. The molecule has 0 radical (unpaired) electrons. The average molecular weight is 261 g/mol. The maximum atomic E-state index is 8.72. The van der Waals surface area contributed by atoms with Crippen LogP contribution in [0.2, 0.25) is 0 Å². The van der Waals surface area contributed by atoms with E-state index >= 15 is 0 Å². The molecule has 1 rings (SSSR count). The van der Waals surface area contributed by atoms with E-state index in [0.717, 1.165) is 35.7 Å². The van der Waals surface area contributed by atoms with Gasteiger partial charge in [-0.3, -0.25) is 9.88 Å². The first-order valence-electron chi connectivity index (χ1n) is 6.61. The Morgan fingerprint density at radius 3 is 2.63 bits per heavy atom. The highest BCUT2D eigenvalue weighted by Crippen LogP contribution is 2.25. The summed E-state index contributed by atoms with van der Waals surface area (Å²) in [5, 5.41) is 8.72. The van der Waals surface area contributed by atoms with Crippen LogP contribution in [0, 0.1) is 25.2 Å². The number of aryl methyl sites for hydroxylation is 1. The quantitative estimate of drug-likeness (QED) is 0.790. The summed E-state index contributed by atoms with van der Waals surface area (Å²) in [6.07, 6.45) is 2.39. The Hall–Kier alpha value is -1.60. The number of hydrogen-bond acceptors (Lipinski definition) is 4. The molecule has 0 aliphatic rings. The Kier molecular flexibility index (Phi) is 5.78. The Bertz CT molecular complexity index is 463. The Balaban J connectivity index is 2.94. The van der Waals surface area contributed by atoms with E-state index in [4.69, 9.17) is 10.00 Å². The molecule has 0 amide bonds. The summed E-state index contributed by atoms with van der Waals surface area (Å²) in [5.41, 5.74) is 3.16. The van der Waals surface area contributed by atoms with Gasteiger partial charge in [-0.1, -0.05) is 0 Å². The van der Waals surface area contributed by atoms with Gasteiger partial charge in [0.05, 0.1) is 18.9 Å². The van der Waals surface area contributed by atoms with Gasteiger partial charge in [-0.15, -0.1) is 0 Å². The fourth-order valence-electron chi connectivity index (χ4n) is 2.14. The smallest absolute Gasteiger partial charge is 0.128 e. The third-order valence-electron chi connectivity index (χ3n) is 3.34. The van der Waals surface area contributed by atoms with E-state index in [9.17, 15) is 0 Å². The molecule has 4 heteroatoms. The molecular weight excluding hydrogens is 238 g/mol. The summed E-state index contributed by atoms with van der Waals surface area (Å²) in [4.78, 5) is 6.77. The maximum absolute atomic E-state index is 8.72. The van der Waals surface area contributed by atoms with Crippen LogP contribution in [0.5, 0.6) is 5.75 Å². The third-order valence-corrected chi connectivity index (χ3v) is 3.34. The second kappa shape index (κ2) is 7.10. The van der Waals surface area contributed by atoms with Gasteiger partial charge >= 0.3 is 0 Å². The molecule has 0 bridgehead atoms. The lowest BCUT2D eigenvalue weighted by Crippen LogP contribution is -2.31. The molecule has 0 N–H and O–H groups in total. The van der Waals surface area contributed by atoms with Crippen molar-refractivity contribution in [2.45, 2.75) is 46.7 Å². The monoisotopic (exact) mass is 261 g/mol. The molecule has 0 aromatic carbocycles. The van der Waals surface area contributed by atoms with E-state index in [0.29, 0.717) is 12.5 Å². The number of ether oxygens (including phenoxy) is 1. The van der Waals surface area contributed by atoms with E-state index in [2.05, 4.69) is 29.8 Å². The summed E-state index contributed by atoms with van der Waals surface area (Å²) in [7, 11) is 1.69. The molecule has 1 heterocycles. The minimum absolute atomic E-state index is 0.391. The van der Waals surface area contributed by atoms with Crippen molar-refractivity contribution in [2.75, 3.05) is 13.7 Å². The van der Waals surface area contributed by atoms with Crippen LogP contribution in [0.15, 0.2) is 6.20 Å². The minimum Gasteiger partial charge on any atom is -0.496 e. The average Bonchev–Trinajstić information content (AvgIpc) is 2.37. The van der Waals surface area contributed by atoms with Gasteiger partial charge in [-0.25, -0.2) is 0 Å². The minimum atomic E-state index is 0.391. The topological polar surface area (TPSA) is 49.1 Å². The molecule has 104 valence electrons. The summed E-state index contributed by atoms with van der Waals surface area (Å²) in [6, 6.07) is 2.59. The number of nitriles is 1. The molecular formula is C15H23N3O. The van der Waals surface area contributed by atoms with Crippen LogP contribution in [0.4, 0.5) is 0 Å². The van der Waals surface area contributed by atoms with Gasteiger partial charge in [0.25, 0.3) is 0 Å². The zero-order valence-corrected chi connectivity index (χ0v) is 12.5. The Morgan fingerprint density at radius 1 is 1.42 bits per heavy atom. The van der Waals surface area contributed by atoms with Crippen LogP contribution in [0.3, 0.4) is 0 Å².